The van der Waals surface area contributed by atoms with E-state index in [1.54, 1.807) is 13.2 Å². The van der Waals surface area contributed by atoms with Crippen LogP contribution < -0.4 is 15.2 Å². The first-order valence-corrected chi connectivity index (χ1v) is 6.78. The van der Waals surface area contributed by atoms with E-state index in [0.29, 0.717) is 11.6 Å². The average Bonchev–Trinajstić information content (AvgIpc) is 2.46. The Bertz CT molecular complexity index is 567. The molecule has 0 radical (unpaired) electrons. The van der Waals surface area contributed by atoms with Gasteiger partial charge in [0.15, 0.2) is 0 Å². The molecule has 0 saturated heterocycles. The zero-order valence-corrected chi connectivity index (χ0v) is 12.4. The van der Waals surface area contributed by atoms with Crippen LogP contribution in [0.5, 0.6) is 11.5 Å². The van der Waals surface area contributed by atoms with Gasteiger partial charge in [-0.15, -0.1) is 0 Å². The maximum absolute atomic E-state index is 5.99. The molecule has 1 atom stereocenters. The van der Waals surface area contributed by atoms with E-state index in [0.717, 1.165) is 22.6 Å². The fourth-order valence-corrected chi connectivity index (χ4v) is 2.07. The topological polar surface area (TPSA) is 44.5 Å². The number of hydrogen-bond donors (Lipinski definition) is 1. The van der Waals surface area contributed by atoms with Crippen LogP contribution in [0.2, 0.25) is 5.02 Å². The summed E-state index contributed by atoms with van der Waals surface area (Å²) in [5.74, 6) is 1.59. The minimum Gasteiger partial charge on any atom is -0.497 e. The number of rotatable bonds is 5. The van der Waals surface area contributed by atoms with Gasteiger partial charge in [0.2, 0.25) is 0 Å². The van der Waals surface area contributed by atoms with Crippen molar-refractivity contribution in [2.45, 2.75) is 19.6 Å². The molecule has 0 unspecified atom stereocenters. The Morgan fingerprint density at radius 2 is 1.85 bits per heavy atom. The van der Waals surface area contributed by atoms with Crippen LogP contribution in [0.3, 0.4) is 0 Å². The van der Waals surface area contributed by atoms with Crippen LogP contribution in [0, 0.1) is 0 Å². The summed E-state index contributed by atoms with van der Waals surface area (Å²) in [6.45, 7) is 2.39. The molecule has 0 amide bonds. The molecular formula is C16H18ClNO2. The van der Waals surface area contributed by atoms with Gasteiger partial charge < -0.3 is 15.2 Å². The van der Waals surface area contributed by atoms with Crippen LogP contribution in [0.4, 0.5) is 0 Å². The Labute approximate surface area is 124 Å². The molecule has 0 heterocycles. The minimum atomic E-state index is -0.125. The number of benzene rings is 2. The maximum atomic E-state index is 5.99. The van der Waals surface area contributed by atoms with Crippen molar-refractivity contribution < 1.29 is 9.47 Å². The summed E-state index contributed by atoms with van der Waals surface area (Å²) in [7, 11) is 1.65. The smallest absolute Gasteiger partial charge is 0.124 e. The van der Waals surface area contributed by atoms with Crippen molar-refractivity contribution in [3.8, 4) is 11.5 Å². The average molecular weight is 292 g/mol. The lowest BCUT2D eigenvalue weighted by molar-refractivity contribution is 0.301. The summed E-state index contributed by atoms with van der Waals surface area (Å²) < 4.78 is 11.0. The summed E-state index contributed by atoms with van der Waals surface area (Å²) in [6, 6.07) is 13.1. The molecule has 0 saturated carbocycles. The number of halogens is 1. The van der Waals surface area contributed by atoms with Gasteiger partial charge in [0.1, 0.15) is 18.1 Å². The number of ether oxygens (including phenoxy) is 2. The summed E-state index contributed by atoms with van der Waals surface area (Å²) in [5, 5.41) is 0.661. The maximum Gasteiger partial charge on any atom is 0.124 e. The van der Waals surface area contributed by atoms with Crippen LogP contribution >= 0.6 is 11.6 Å². The quantitative estimate of drug-likeness (QED) is 0.907. The third-order valence-electron chi connectivity index (χ3n) is 3.02. The second-order valence-electron chi connectivity index (χ2n) is 4.61. The van der Waals surface area contributed by atoms with Crippen molar-refractivity contribution in [1.82, 2.24) is 0 Å². The normalized spacial score (nSPS) is 12.0. The molecule has 0 aliphatic heterocycles. The molecule has 0 aromatic heterocycles. The molecule has 3 nitrogen and oxygen atoms in total. The van der Waals surface area contributed by atoms with Crippen molar-refractivity contribution in [3.05, 3.63) is 58.6 Å². The van der Waals surface area contributed by atoms with Crippen molar-refractivity contribution >= 4 is 11.6 Å². The Kier molecular flexibility index (Phi) is 4.88. The first-order chi connectivity index (χ1) is 9.60. The fraction of sp³-hybridized carbons (Fsp3) is 0.250. The molecule has 20 heavy (non-hydrogen) atoms. The molecule has 0 fully saturated rings. The second-order valence-corrected chi connectivity index (χ2v) is 5.04. The second kappa shape index (κ2) is 6.64. The third kappa shape index (κ3) is 3.65. The molecule has 0 bridgehead atoms. The molecule has 4 heteroatoms. The molecular weight excluding hydrogens is 274 g/mol. The van der Waals surface area contributed by atoms with E-state index in [9.17, 15) is 0 Å². The van der Waals surface area contributed by atoms with E-state index in [1.807, 2.05) is 43.3 Å². The first kappa shape index (κ1) is 14.7. The Morgan fingerprint density at radius 1 is 1.15 bits per heavy atom. The summed E-state index contributed by atoms with van der Waals surface area (Å²) in [4.78, 5) is 0. The zero-order chi connectivity index (χ0) is 14.5. The molecule has 2 aromatic rings. The van der Waals surface area contributed by atoms with Crippen LogP contribution in [0.15, 0.2) is 42.5 Å². The fourth-order valence-electron chi connectivity index (χ4n) is 1.89. The monoisotopic (exact) mass is 291 g/mol. The van der Waals surface area contributed by atoms with Crippen LogP contribution in [-0.2, 0) is 6.61 Å². The van der Waals surface area contributed by atoms with Crippen molar-refractivity contribution in [2.75, 3.05) is 7.11 Å². The SMILES string of the molecule is COc1ccc(COc2ccc(Cl)cc2[C@H](C)N)cc1. The van der Waals surface area contributed by atoms with Crippen molar-refractivity contribution in [1.29, 1.82) is 0 Å². The van der Waals surface area contributed by atoms with Crippen molar-refractivity contribution in [2.24, 2.45) is 5.73 Å². The lowest BCUT2D eigenvalue weighted by Crippen LogP contribution is -2.08. The summed E-state index contributed by atoms with van der Waals surface area (Å²) >= 11 is 5.99. The van der Waals surface area contributed by atoms with Gasteiger partial charge in [0, 0.05) is 16.6 Å². The van der Waals surface area contributed by atoms with Gasteiger partial charge in [-0.2, -0.15) is 0 Å². The molecule has 2 rings (SSSR count). The van der Waals surface area contributed by atoms with E-state index < -0.39 is 0 Å². The van der Waals surface area contributed by atoms with Gasteiger partial charge in [0.25, 0.3) is 0 Å². The standard InChI is InChI=1S/C16H18ClNO2/c1-11(18)15-9-13(17)5-8-16(15)20-10-12-3-6-14(19-2)7-4-12/h3-9,11H,10,18H2,1-2H3/t11-/m0/s1. The third-order valence-corrected chi connectivity index (χ3v) is 3.25. The van der Waals surface area contributed by atoms with Crippen molar-refractivity contribution in [3.63, 3.8) is 0 Å². The minimum absolute atomic E-state index is 0.125. The lowest BCUT2D eigenvalue weighted by Gasteiger charge is -2.14. The number of methoxy groups -OCH3 is 1. The number of nitrogens with two attached hydrogens (primary N) is 1. The summed E-state index contributed by atoms with van der Waals surface area (Å²) in [5.41, 5.74) is 7.91. The van der Waals surface area contributed by atoms with Gasteiger partial charge in [-0.3, -0.25) is 0 Å². The highest BCUT2D eigenvalue weighted by Gasteiger charge is 2.09. The first-order valence-electron chi connectivity index (χ1n) is 6.41. The number of hydrogen-bond acceptors (Lipinski definition) is 3. The summed E-state index contributed by atoms with van der Waals surface area (Å²) in [6.07, 6.45) is 0. The highest BCUT2D eigenvalue weighted by molar-refractivity contribution is 6.30. The highest BCUT2D eigenvalue weighted by Crippen LogP contribution is 2.28. The molecule has 0 aliphatic rings. The Hall–Kier alpha value is -1.71. The van der Waals surface area contributed by atoms with E-state index >= 15 is 0 Å². The molecule has 2 aromatic carbocycles. The van der Waals surface area contributed by atoms with Gasteiger partial charge in [0.05, 0.1) is 7.11 Å². The Balaban J connectivity index is 2.10. The van der Waals surface area contributed by atoms with E-state index in [1.165, 1.54) is 0 Å². The predicted molar refractivity (Wildman–Crippen MR) is 81.4 cm³/mol. The van der Waals surface area contributed by atoms with Crippen LogP contribution in [0.25, 0.3) is 0 Å². The van der Waals surface area contributed by atoms with E-state index in [2.05, 4.69) is 0 Å². The zero-order valence-electron chi connectivity index (χ0n) is 11.6. The Morgan fingerprint density at radius 3 is 2.45 bits per heavy atom. The molecule has 0 spiro atoms. The van der Waals surface area contributed by atoms with Crippen LogP contribution in [0.1, 0.15) is 24.1 Å². The van der Waals surface area contributed by atoms with E-state index in [-0.39, 0.29) is 6.04 Å². The molecule has 106 valence electrons. The van der Waals surface area contributed by atoms with Crippen LogP contribution in [-0.4, -0.2) is 7.11 Å². The van der Waals surface area contributed by atoms with Gasteiger partial charge >= 0.3 is 0 Å². The van der Waals surface area contributed by atoms with Gasteiger partial charge in [-0.1, -0.05) is 23.7 Å². The lowest BCUT2D eigenvalue weighted by atomic mass is 10.1. The van der Waals surface area contributed by atoms with E-state index in [4.69, 9.17) is 26.8 Å². The largest absolute Gasteiger partial charge is 0.497 e. The van der Waals surface area contributed by atoms with Gasteiger partial charge in [-0.25, -0.2) is 0 Å². The predicted octanol–water partition coefficient (Wildman–Crippen LogP) is 3.95. The molecule has 0 aliphatic carbocycles. The molecule has 2 N–H and O–H groups in total. The highest BCUT2D eigenvalue weighted by atomic mass is 35.5. The van der Waals surface area contributed by atoms with Gasteiger partial charge in [-0.05, 0) is 42.8 Å².